The lowest BCUT2D eigenvalue weighted by Crippen LogP contribution is -2.54. The first-order valence-electron chi connectivity index (χ1n) is 9.68. The SMILES string of the molecule is CCNC(=NCC(C)N(C)C1CC1)N1CCN(C(=O)c2ccco2)CC1.I. The quantitative estimate of drug-likeness (QED) is 0.377. The van der Waals surface area contributed by atoms with Crippen molar-refractivity contribution in [1.29, 1.82) is 0 Å². The molecular formula is C19H32IN5O2. The molecule has 8 heteroatoms. The number of hydrogen-bond acceptors (Lipinski definition) is 4. The van der Waals surface area contributed by atoms with Gasteiger partial charge in [0.15, 0.2) is 11.7 Å². The van der Waals surface area contributed by atoms with E-state index < -0.39 is 0 Å². The summed E-state index contributed by atoms with van der Waals surface area (Å²) in [7, 11) is 2.20. The van der Waals surface area contributed by atoms with Crippen LogP contribution in [0, 0.1) is 0 Å². The highest BCUT2D eigenvalue weighted by Gasteiger charge is 2.29. The summed E-state index contributed by atoms with van der Waals surface area (Å²) >= 11 is 0. The Labute approximate surface area is 179 Å². The Morgan fingerprint density at radius 2 is 2.00 bits per heavy atom. The van der Waals surface area contributed by atoms with Crippen LogP contribution in [-0.4, -0.2) is 85.0 Å². The largest absolute Gasteiger partial charge is 0.459 e. The Morgan fingerprint density at radius 1 is 1.33 bits per heavy atom. The highest BCUT2D eigenvalue weighted by molar-refractivity contribution is 14.0. The fourth-order valence-corrected chi connectivity index (χ4v) is 3.29. The fourth-order valence-electron chi connectivity index (χ4n) is 3.29. The maximum Gasteiger partial charge on any atom is 0.289 e. The number of nitrogens with one attached hydrogen (secondary N) is 1. The number of likely N-dealkylation sites (N-methyl/N-ethyl adjacent to an activating group) is 1. The molecule has 1 amide bonds. The van der Waals surface area contributed by atoms with Crippen molar-refractivity contribution >= 4 is 35.8 Å². The van der Waals surface area contributed by atoms with Gasteiger partial charge >= 0.3 is 0 Å². The summed E-state index contributed by atoms with van der Waals surface area (Å²) in [5, 5.41) is 3.40. The van der Waals surface area contributed by atoms with Crippen LogP contribution >= 0.6 is 24.0 Å². The van der Waals surface area contributed by atoms with Gasteiger partial charge in [-0.25, -0.2) is 0 Å². The number of carbonyl (C=O) groups excluding carboxylic acids is 1. The van der Waals surface area contributed by atoms with Gasteiger partial charge in [-0.1, -0.05) is 0 Å². The summed E-state index contributed by atoms with van der Waals surface area (Å²) in [5.41, 5.74) is 0. The monoisotopic (exact) mass is 489 g/mol. The Balaban J connectivity index is 0.00000261. The van der Waals surface area contributed by atoms with Crippen LogP contribution in [0.2, 0.25) is 0 Å². The first kappa shape index (κ1) is 22.0. The molecule has 0 bridgehead atoms. The van der Waals surface area contributed by atoms with Gasteiger partial charge in [-0.3, -0.25) is 14.7 Å². The molecule has 7 nitrogen and oxygen atoms in total. The van der Waals surface area contributed by atoms with Crippen LogP contribution in [0.25, 0.3) is 0 Å². The number of hydrogen-bond donors (Lipinski definition) is 1. The van der Waals surface area contributed by atoms with Gasteiger partial charge < -0.3 is 19.5 Å². The predicted molar refractivity (Wildman–Crippen MR) is 118 cm³/mol. The van der Waals surface area contributed by atoms with Crippen LogP contribution in [-0.2, 0) is 0 Å². The number of nitrogens with zero attached hydrogens (tertiary/aromatic N) is 4. The van der Waals surface area contributed by atoms with Gasteiger partial charge in [0.1, 0.15) is 0 Å². The molecule has 1 aromatic rings. The van der Waals surface area contributed by atoms with Crippen molar-refractivity contribution in [3.05, 3.63) is 24.2 Å². The van der Waals surface area contributed by atoms with Crippen LogP contribution in [0.15, 0.2) is 27.8 Å². The molecule has 3 rings (SSSR count). The second-order valence-corrected chi connectivity index (χ2v) is 7.20. The number of piperazine rings is 1. The number of rotatable bonds is 6. The normalized spacial score (nSPS) is 19.0. The standard InChI is InChI=1S/C19H31N5O2.HI/c1-4-20-19(21-14-15(2)22(3)16-7-8-16)24-11-9-23(10-12-24)18(25)17-6-5-13-26-17;/h5-6,13,15-16H,4,7-12,14H2,1-3H3,(H,20,21);1H. The number of aliphatic imine (C=N–C) groups is 1. The van der Waals surface area contributed by atoms with E-state index in [-0.39, 0.29) is 29.9 Å². The van der Waals surface area contributed by atoms with E-state index in [1.165, 1.54) is 12.8 Å². The van der Waals surface area contributed by atoms with E-state index in [1.54, 1.807) is 18.4 Å². The molecule has 27 heavy (non-hydrogen) atoms. The van der Waals surface area contributed by atoms with Crippen LogP contribution in [0.4, 0.5) is 0 Å². The summed E-state index contributed by atoms with van der Waals surface area (Å²) in [4.78, 5) is 23.8. The average molecular weight is 489 g/mol. The molecule has 152 valence electrons. The zero-order valence-electron chi connectivity index (χ0n) is 16.6. The zero-order valence-corrected chi connectivity index (χ0v) is 18.9. The van der Waals surface area contributed by atoms with Crippen molar-refractivity contribution in [2.24, 2.45) is 4.99 Å². The maximum absolute atomic E-state index is 12.4. The van der Waals surface area contributed by atoms with E-state index in [0.29, 0.717) is 24.9 Å². The van der Waals surface area contributed by atoms with Crippen LogP contribution in [0.5, 0.6) is 0 Å². The average Bonchev–Trinajstić information content (AvgIpc) is 3.37. The van der Waals surface area contributed by atoms with Gasteiger partial charge in [0.2, 0.25) is 0 Å². The number of halogens is 1. The van der Waals surface area contributed by atoms with Crippen molar-refractivity contribution in [1.82, 2.24) is 20.0 Å². The highest BCUT2D eigenvalue weighted by atomic mass is 127. The summed E-state index contributed by atoms with van der Waals surface area (Å²) in [6.45, 7) is 8.90. The van der Waals surface area contributed by atoms with Crippen molar-refractivity contribution in [3.8, 4) is 0 Å². The molecule has 0 spiro atoms. The topological polar surface area (TPSA) is 64.3 Å². The van der Waals surface area contributed by atoms with Gasteiger partial charge in [-0.15, -0.1) is 24.0 Å². The molecule has 1 aliphatic heterocycles. The van der Waals surface area contributed by atoms with Gasteiger partial charge in [-0.05, 0) is 45.9 Å². The molecular weight excluding hydrogens is 457 g/mol. The Kier molecular flexibility index (Phi) is 8.40. The van der Waals surface area contributed by atoms with Crippen LogP contribution < -0.4 is 5.32 Å². The number of amides is 1. The molecule has 1 saturated carbocycles. The van der Waals surface area contributed by atoms with E-state index in [4.69, 9.17) is 9.41 Å². The van der Waals surface area contributed by atoms with E-state index >= 15 is 0 Å². The maximum atomic E-state index is 12.4. The number of furan rings is 1. The molecule has 1 aliphatic carbocycles. The minimum Gasteiger partial charge on any atom is -0.459 e. The summed E-state index contributed by atoms with van der Waals surface area (Å²) in [6, 6.07) is 4.66. The Bertz CT molecular complexity index is 610. The molecule has 0 aromatic carbocycles. The van der Waals surface area contributed by atoms with Gasteiger partial charge in [-0.2, -0.15) is 0 Å². The van der Waals surface area contributed by atoms with E-state index in [1.807, 2.05) is 4.90 Å². The molecule has 1 N–H and O–H groups in total. The van der Waals surface area contributed by atoms with Gasteiger partial charge in [0.25, 0.3) is 5.91 Å². The van der Waals surface area contributed by atoms with E-state index in [9.17, 15) is 4.79 Å². The Morgan fingerprint density at radius 3 is 2.56 bits per heavy atom. The fraction of sp³-hybridized carbons (Fsp3) is 0.684. The third-order valence-corrected chi connectivity index (χ3v) is 5.26. The molecule has 1 saturated heterocycles. The number of guanidine groups is 1. The van der Waals surface area contributed by atoms with Crippen molar-refractivity contribution in [2.75, 3.05) is 46.3 Å². The smallest absolute Gasteiger partial charge is 0.289 e. The van der Waals surface area contributed by atoms with Crippen molar-refractivity contribution in [2.45, 2.75) is 38.8 Å². The zero-order chi connectivity index (χ0) is 18.5. The molecule has 1 atom stereocenters. The Hall–Kier alpha value is -1.29. The lowest BCUT2D eigenvalue weighted by Gasteiger charge is -2.36. The minimum absolute atomic E-state index is 0. The summed E-state index contributed by atoms with van der Waals surface area (Å²) in [5.74, 6) is 1.33. The second-order valence-electron chi connectivity index (χ2n) is 7.20. The third kappa shape index (κ3) is 5.84. The summed E-state index contributed by atoms with van der Waals surface area (Å²) in [6.07, 6.45) is 4.17. The van der Waals surface area contributed by atoms with E-state index in [0.717, 1.165) is 38.2 Å². The second kappa shape index (κ2) is 10.3. The van der Waals surface area contributed by atoms with Gasteiger partial charge in [0, 0.05) is 44.8 Å². The lowest BCUT2D eigenvalue weighted by molar-refractivity contribution is 0.0657. The summed E-state index contributed by atoms with van der Waals surface area (Å²) < 4.78 is 5.23. The van der Waals surface area contributed by atoms with Gasteiger partial charge in [0.05, 0.1) is 12.8 Å². The van der Waals surface area contributed by atoms with Crippen LogP contribution in [0.3, 0.4) is 0 Å². The molecule has 2 heterocycles. The minimum atomic E-state index is -0.0312. The number of carbonyl (C=O) groups is 1. The molecule has 1 unspecified atom stereocenters. The molecule has 2 aliphatic rings. The van der Waals surface area contributed by atoms with Crippen LogP contribution in [0.1, 0.15) is 37.2 Å². The lowest BCUT2D eigenvalue weighted by atomic mass is 10.3. The first-order chi connectivity index (χ1) is 12.6. The first-order valence-corrected chi connectivity index (χ1v) is 9.68. The van der Waals surface area contributed by atoms with Crippen molar-refractivity contribution < 1.29 is 9.21 Å². The predicted octanol–water partition coefficient (Wildman–Crippen LogP) is 2.10. The van der Waals surface area contributed by atoms with Crippen molar-refractivity contribution in [3.63, 3.8) is 0 Å². The molecule has 2 fully saturated rings. The molecule has 1 aromatic heterocycles. The van der Waals surface area contributed by atoms with E-state index in [2.05, 4.69) is 36.0 Å². The highest BCUT2D eigenvalue weighted by Crippen LogP contribution is 2.26. The molecule has 0 radical (unpaired) electrons. The third-order valence-electron chi connectivity index (χ3n) is 5.26.